The molecular formula is C21H25F2N7S. The summed E-state index contributed by atoms with van der Waals surface area (Å²) in [6, 6.07) is 5.07. The molecule has 2 atom stereocenters. The van der Waals surface area contributed by atoms with Gasteiger partial charge >= 0.3 is 0 Å². The summed E-state index contributed by atoms with van der Waals surface area (Å²) in [7, 11) is 0.223. The third-order valence-corrected chi connectivity index (χ3v) is 7.91. The summed E-state index contributed by atoms with van der Waals surface area (Å²) < 4.78 is 32.8. The van der Waals surface area contributed by atoms with Gasteiger partial charge < -0.3 is 4.90 Å². The number of nitrogens with zero attached hydrogens (tertiary/aromatic N) is 7. The highest BCUT2D eigenvalue weighted by molar-refractivity contribution is 7.87. The molecule has 164 valence electrons. The van der Waals surface area contributed by atoms with Crippen LogP contribution in [0, 0.1) is 5.92 Å². The van der Waals surface area contributed by atoms with Gasteiger partial charge in [0, 0.05) is 30.7 Å². The van der Waals surface area contributed by atoms with Crippen molar-refractivity contribution in [2.24, 2.45) is 10.3 Å². The van der Waals surface area contributed by atoms with Crippen molar-refractivity contribution >= 4 is 22.2 Å². The molecule has 5 heterocycles. The summed E-state index contributed by atoms with van der Waals surface area (Å²) in [5.74, 6) is 3.83. The molecule has 0 bridgehead atoms. The Morgan fingerprint density at radius 2 is 1.97 bits per heavy atom. The van der Waals surface area contributed by atoms with E-state index in [9.17, 15) is 8.78 Å². The molecule has 7 nitrogen and oxygen atoms in total. The van der Waals surface area contributed by atoms with Crippen LogP contribution >= 0.6 is 0 Å². The number of anilines is 1. The predicted molar refractivity (Wildman–Crippen MR) is 118 cm³/mol. The van der Waals surface area contributed by atoms with Crippen LogP contribution in [0.4, 0.5) is 14.6 Å². The van der Waals surface area contributed by atoms with Crippen molar-refractivity contribution in [1.29, 1.82) is 0 Å². The maximum absolute atomic E-state index is 13.1. The molecule has 2 aliphatic heterocycles. The quantitative estimate of drug-likeness (QED) is 0.608. The van der Waals surface area contributed by atoms with Crippen LogP contribution in [0.3, 0.4) is 0 Å². The van der Waals surface area contributed by atoms with Gasteiger partial charge in [-0.2, -0.15) is 5.10 Å². The number of fused-ring (bicyclic) bond motifs is 1. The first kappa shape index (κ1) is 20.4. The largest absolute Gasteiger partial charge is 0.354 e. The Balaban J connectivity index is 1.44. The zero-order valence-corrected chi connectivity index (χ0v) is 18.2. The lowest BCUT2D eigenvalue weighted by Crippen LogP contribution is -2.42. The van der Waals surface area contributed by atoms with Gasteiger partial charge in [-0.1, -0.05) is 6.92 Å². The van der Waals surface area contributed by atoms with Gasteiger partial charge in [0.1, 0.15) is 23.5 Å². The molecule has 0 amide bonds. The van der Waals surface area contributed by atoms with Crippen molar-refractivity contribution in [2.45, 2.75) is 38.7 Å². The van der Waals surface area contributed by atoms with E-state index in [2.05, 4.69) is 31.9 Å². The lowest BCUT2D eigenvalue weighted by Gasteiger charge is -2.35. The second kappa shape index (κ2) is 8.57. The molecule has 0 radical (unpaired) electrons. The van der Waals surface area contributed by atoms with E-state index >= 15 is 0 Å². The summed E-state index contributed by atoms with van der Waals surface area (Å²) in [4.78, 5) is 15.4. The van der Waals surface area contributed by atoms with Crippen LogP contribution in [0.1, 0.15) is 38.3 Å². The Bertz CT molecular complexity index is 1110. The third-order valence-electron chi connectivity index (χ3n) is 5.79. The molecule has 0 saturated carbocycles. The van der Waals surface area contributed by atoms with Gasteiger partial charge in [0.15, 0.2) is 5.65 Å². The number of hydrogen-bond donors (Lipinski definition) is 0. The number of alkyl halides is 2. The van der Waals surface area contributed by atoms with E-state index in [0.29, 0.717) is 29.0 Å². The summed E-state index contributed by atoms with van der Waals surface area (Å²) >= 11 is 0. The number of hydrogen-bond acceptors (Lipinski definition) is 6. The third kappa shape index (κ3) is 4.30. The van der Waals surface area contributed by atoms with E-state index in [0.717, 1.165) is 25.3 Å². The predicted octanol–water partition coefficient (Wildman–Crippen LogP) is 3.93. The average molecular weight is 446 g/mol. The van der Waals surface area contributed by atoms with Gasteiger partial charge in [0.25, 0.3) is 6.43 Å². The molecule has 10 heteroatoms. The molecule has 0 N–H and O–H groups in total. The topological polar surface area (TPSA) is 71.6 Å². The van der Waals surface area contributed by atoms with Crippen LogP contribution in [0.25, 0.3) is 17.0 Å². The second-order valence-electron chi connectivity index (χ2n) is 8.32. The van der Waals surface area contributed by atoms with Crippen molar-refractivity contribution in [3.63, 3.8) is 0 Å². The van der Waals surface area contributed by atoms with E-state index in [4.69, 9.17) is 4.36 Å². The van der Waals surface area contributed by atoms with Gasteiger partial charge in [-0.05, 0) is 37.3 Å². The van der Waals surface area contributed by atoms with Crippen LogP contribution in [-0.2, 0) is 10.7 Å². The minimum atomic E-state index is -2.64. The van der Waals surface area contributed by atoms with Crippen LogP contribution in [0.15, 0.2) is 35.1 Å². The molecule has 0 spiro atoms. The standard InChI is InChI=1S/C21H25F2N7S/c1-14-8-15(28-31-6-2-3-7-31)12-29(11-14)20-9-17(25-13-26-20)18-10-24-19-5-4-16(21(22)23)27-30(18)19/h4-5,9-10,13-15,21H,2-3,6-8,11-12H2,1H3. The normalized spacial score (nSPS) is 22.5. The van der Waals surface area contributed by atoms with Gasteiger partial charge in [0.2, 0.25) is 0 Å². The van der Waals surface area contributed by atoms with Gasteiger partial charge in [-0.15, -0.1) is 10.7 Å². The fraction of sp³-hybridized carbons (Fsp3) is 0.524. The van der Waals surface area contributed by atoms with E-state index in [1.165, 1.54) is 41.3 Å². The second-order valence-corrected chi connectivity index (χ2v) is 10.3. The van der Waals surface area contributed by atoms with Gasteiger partial charge in [-0.3, -0.25) is 4.36 Å². The van der Waals surface area contributed by atoms with E-state index < -0.39 is 6.43 Å². The molecule has 3 aromatic rings. The monoisotopic (exact) mass is 445 g/mol. The minimum absolute atomic E-state index is 0.223. The van der Waals surface area contributed by atoms with Crippen molar-refractivity contribution in [1.82, 2.24) is 24.6 Å². The summed E-state index contributed by atoms with van der Waals surface area (Å²) in [6.07, 6.45) is 4.21. The van der Waals surface area contributed by atoms with E-state index in [1.54, 1.807) is 12.3 Å². The molecule has 3 aromatic heterocycles. The first-order valence-electron chi connectivity index (χ1n) is 10.7. The maximum atomic E-state index is 13.1. The molecular weight excluding hydrogens is 420 g/mol. The number of imidazole rings is 1. The summed E-state index contributed by atoms with van der Waals surface area (Å²) in [5, 5.41) is 4.05. The Morgan fingerprint density at radius 1 is 1.13 bits per heavy atom. The lowest BCUT2D eigenvalue weighted by atomic mass is 9.96. The van der Waals surface area contributed by atoms with Crippen LogP contribution in [0.2, 0.25) is 0 Å². The van der Waals surface area contributed by atoms with Crippen molar-refractivity contribution in [3.05, 3.63) is 36.4 Å². The van der Waals surface area contributed by atoms with Crippen molar-refractivity contribution in [2.75, 3.05) is 29.5 Å². The molecule has 31 heavy (non-hydrogen) atoms. The average Bonchev–Trinajstić information content (AvgIpc) is 3.42. The molecule has 2 unspecified atom stereocenters. The van der Waals surface area contributed by atoms with E-state index in [1.807, 2.05) is 6.07 Å². The highest BCUT2D eigenvalue weighted by Crippen LogP contribution is 2.27. The Kier molecular flexibility index (Phi) is 5.64. The maximum Gasteiger partial charge on any atom is 0.282 e. The first-order valence-corrected chi connectivity index (χ1v) is 12.2. The zero-order chi connectivity index (χ0) is 21.4. The lowest BCUT2D eigenvalue weighted by molar-refractivity contribution is 0.144. The molecule has 5 rings (SSSR count). The fourth-order valence-corrected chi connectivity index (χ4v) is 6.44. The zero-order valence-electron chi connectivity index (χ0n) is 17.4. The van der Waals surface area contributed by atoms with Crippen LogP contribution in [0.5, 0.6) is 0 Å². The summed E-state index contributed by atoms with van der Waals surface area (Å²) in [5.41, 5.74) is 1.39. The molecule has 0 aromatic carbocycles. The Labute approximate surface area is 182 Å². The highest BCUT2D eigenvalue weighted by atomic mass is 32.2. The number of piperidine rings is 1. The van der Waals surface area contributed by atoms with Crippen molar-refractivity contribution < 1.29 is 8.78 Å². The Hall–Kier alpha value is -2.49. The van der Waals surface area contributed by atoms with Crippen LogP contribution < -0.4 is 4.90 Å². The van der Waals surface area contributed by atoms with Crippen LogP contribution in [-0.4, -0.2) is 55.2 Å². The van der Waals surface area contributed by atoms with E-state index in [-0.39, 0.29) is 16.4 Å². The molecule has 2 fully saturated rings. The van der Waals surface area contributed by atoms with Crippen molar-refractivity contribution in [3.8, 4) is 11.4 Å². The first-order chi connectivity index (χ1) is 15.1. The fourth-order valence-electron chi connectivity index (χ4n) is 4.38. The molecule has 2 saturated heterocycles. The number of aromatic nitrogens is 5. The number of halogens is 2. The number of rotatable bonds is 4. The summed E-state index contributed by atoms with van der Waals surface area (Å²) in [6.45, 7) is 4.03. The molecule has 2 aliphatic rings. The Morgan fingerprint density at radius 3 is 2.77 bits per heavy atom. The smallest absolute Gasteiger partial charge is 0.282 e. The van der Waals surface area contributed by atoms with Gasteiger partial charge in [-0.25, -0.2) is 28.2 Å². The minimum Gasteiger partial charge on any atom is -0.354 e. The SMILES string of the molecule is CC1CC(N=S2CCCC2)CN(c2cc(-c3cnc4ccc(C(F)F)nn34)ncn2)C1. The highest BCUT2D eigenvalue weighted by Gasteiger charge is 2.26. The van der Waals surface area contributed by atoms with Gasteiger partial charge in [0.05, 0.1) is 17.9 Å². The molecule has 0 aliphatic carbocycles.